The molecule has 1 aliphatic rings. The van der Waals surface area contributed by atoms with Gasteiger partial charge < -0.3 is 8.98 Å². The highest BCUT2D eigenvalue weighted by molar-refractivity contribution is 6.30. The normalized spacial score (nSPS) is 12.3. The molecule has 2 aromatic heterocycles. The largest absolute Gasteiger partial charge is 0.435 e. The number of oxazole rings is 1. The van der Waals surface area contributed by atoms with Gasteiger partial charge in [-0.15, -0.1) is 0 Å². The minimum atomic E-state index is 0.642. The number of rotatable bonds is 2. The smallest absolute Gasteiger partial charge is 0.227 e. The van der Waals surface area contributed by atoms with Gasteiger partial charge in [0.05, 0.1) is 11.0 Å². The molecule has 1 aliphatic carbocycles. The van der Waals surface area contributed by atoms with Crippen LogP contribution in [-0.4, -0.2) is 9.55 Å². The quantitative estimate of drug-likeness (QED) is 0.189. The van der Waals surface area contributed by atoms with Gasteiger partial charge in [-0.05, 0) is 91.6 Å². The highest BCUT2D eigenvalue weighted by Crippen LogP contribution is 2.49. The number of hydrogen-bond donors (Lipinski definition) is 0. The third-order valence-electron chi connectivity index (χ3n) is 9.92. The van der Waals surface area contributed by atoms with Crippen molar-refractivity contribution in [1.29, 1.82) is 0 Å². The molecule has 3 heteroatoms. The zero-order valence-corrected chi connectivity index (χ0v) is 24.7. The van der Waals surface area contributed by atoms with Crippen molar-refractivity contribution in [2.45, 2.75) is 0 Å². The van der Waals surface area contributed by atoms with Crippen molar-refractivity contribution < 1.29 is 4.42 Å². The van der Waals surface area contributed by atoms with Crippen LogP contribution in [0, 0.1) is 0 Å². The number of hydrogen-bond acceptors (Lipinski definition) is 2. The fourth-order valence-corrected chi connectivity index (χ4v) is 7.96. The van der Waals surface area contributed by atoms with Crippen molar-refractivity contribution in [3.05, 3.63) is 146 Å². The molecule has 212 valence electrons. The Morgan fingerprint density at radius 2 is 1.11 bits per heavy atom. The van der Waals surface area contributed by atoms with Crippen molar-refractivity contribution in [2.24, 2.45) is 0 Å². The third-order valence-corrected chi connectivity index (χ3v) is 9.92. The van der Waals surface area contributed by atoms with Gasteiger partial charge in [-0.2, -0.15) is 0 Å². The highest BCUT2D eigenvalue weighted by atomic mass is 16.3. The van der Waals surface area contributed by atoms with Gasteiger partial charge in [0.1, 0.15) is 5.52 Å². The first kappa shape index (κ1) is 24.2. The van der Waals surface area contributed by atoms with Crippen LogP contribution in [0.1, 0.15) is 0 Å². The van der Waals surface area contributed by atoms with E-state index in [1.165, 1.54) is 60.2 Å². The van der Waals surface area contributed by atoms with E-state index in [0.717, 1.165) is 38.5 Å². The first-order valence-corrected chi connectivity index (χ1v) is 15.7. The molecule has 46 heavy (non-hydrogen) atoms. The highest BCUT2D eigenvalue weighted by Gasteiger charge is 2.24. The fraction of sp³-hybridized carbons (Fsp3) is 0. The topological polar surface area (TPSA) is 31.0 Å². The molecule has 2 heterocycles. The Morgan fingerprint density at radius 1 is 0.457 bits per heavy atom. The summed E-state index contributed by atoms with van der Waals surface area (Å²) in [5, 5.41) is 9.77. The van der Waals surface area contributed by atoms with E-state index in [1.807, 2.05) is 30.3 Å². The predicted octanol–water partition coefficient (Wildman–Crippen LogP) is 11.7. The number of nitrogens with zero attached hydrogens (tertiary/aromatic N) is 2. The summed E-state index contributed by atoms with van der Waals surface area (Å²) >= 11 is 0. The predicted molar refractivity (Wildman–Crippen MR) is 191 cm³/mol. The van der Waals surface area contributed by atoms with Crippen LogP contribution in [0.4, 0.5) is 0 Å². The molecule has 0 saturated carbocycles. The summed E-state index contributed by atoms with van der Waals surface area (Å²) in [5.74, 6) is 0.642. The van der Waals surface area contributed by atoms with Gasteiger partial charge in [-0.25, -0.2) is 4.98 Å². The van der Waals surface area contributed by atoms with Crippen molar-refractivity contribution in [1.82, 2.24) is 9.55 Å². The lowest BCUT2D eigenvalue weighted by atomic mass is 9.93. The maximum Gasteiger partial charge on any atom is 0.227 e. The van der Waals surface area contributed by atoms with E-state index >= 15 is 0 Å². The Kier molecular flexibility index (Phi) is 4.58. The summed E-state index contributed by atoms with van der Waals surface area (Å²) in [6.45, 7) is 0. The first-order chi connectivity index (χ1) is 22.8. The molecule has 0 N–H and O–H groups in total. The summed E-state index contributed by atoms with van der Waals surface area (Å²) in [5.41, 5.74) is 11.4. The average Bonchev–Trinajstić information content (AvgIpc) is 3.68. The van der Waals surface area contributed by atoms with Gasteiger partial charge in [0.25, 0.3) is 0 Å². The van der Waals surface area contributed by atoms with E-state index in [0.29, 0.717) is 5.89 Å². The molecule has 10 aromatic rings. The molecule has 11 rings (SSSR count). The maximum atomic E-state index is 6.55. The molecule has 0 atom stereocenters. The van der Waals surface area contributed by atoms with E-state index in [4.69, 9.17) is 9.40 Å². The van der Waals surface area contributed by atoms with Gasteiger partial charge in [0.2, 0.25) is 5.89 Å². The van der Waals surface area contributed by atoms with Gasteiger partial charge >= 0.3 is 0 Å². The first-order valence-electron chi connectivity index (χ1n) is 15.7. The van der Waals surface area contributed by atoms with Crippen LogP contribution in [0.2, 0.25) is 0 Å². The van der Waals surface area contributed by atoms with Crippen LogP contribution < -0.4 is 0 Å². The maximum absolute atomic E-state index is 6.55. The van der Waals surface area contributed by atoms with E-state index in [9.17, 15) is 0 Å². The summed E-state index contributed by atoms with van der Waals surface area (Å²) in [7, 11) is 0. The molecule has 8 aromatic carbocycles. The molecule has 0 saturated heterocycles. The van der Waals surface area contributed by atoms with E-state index in [-0.39, 0.29) is 0 Å². The molecule has 3 nitrogen and oxygen atoms in total. The van der Waals surface area contributed by atoms with E-state index in [2.05, 4.69) is 120 Å². The van der Waals surface area contributed by atoms with Gasteiger partial charge in [-0.3, -0.25) is 0 Å². The average molecular weight is 585 g/mol. The van der Waals surface area contributed by atoms with Gasteiger partial charge in [0, 0.05) is 27.4 Å². The Labute approximate surface area is 263 Å². The summed E-state index contributed by atoms with van der Waals surface area (Å²) < 4.78 is 9.00. The minimum Gasteiger partial charge on any atom is -0.435 e. The van der Waals surface area contributed by atoms with Crippen LogP contribution in [0.5, 0.6) is 0 Å². The standard InChI is InChI=1S/C43H24N2O/c1-2-8-28(9-3-1)43-44-35-22-19-27-17-16-25-18-21-29(24-34(25)39(27)42(35)46-43)45-36-15-7-14-33-31-12-5-4-11-30(31)32-13-6-10-26-20-23-37(45)41(38(26)32)40(33)36/h1-24H. The van der Waals surface area contributed by atoms with Crippen molar-refractivity contribution in [3.63, 3.8) is 0 Å². The zero-order chi connectivity index (χ0) is 29.9. The lowest BCUT2D eigenvalue weighted by Gasteiger charge is -2.14. The zero-order valence-electron chi connectivity index (χ0n) is 24.7. The molecule has 0 unspecified atom stereocenters. The molecule has 0 radical (unpaired) electrons. The Hall–Kier alpha value is -6.19. The lowest BCUT2D eigenvalue weighted by molar-refractivity contribution is 0.623. The van der Waals surface area contributed by atoms with Crippen molar-refractivity contribution in [3.8, 4) is 39.4 Å². The summed E-state index contributed by atoms with van der Waals surface area (Å²) in [6.07, 6.45) is 0. The second-order valence-corrected chi connectivity index (χ2v) is 12.3. The molecule has 0 bridgehead atoms. The molecule has 0 aliphatic heterocycles. The Morgan fingerprint density at radius 3 is 1.98 bits per heavy atom. The monoisotopic (exact) mass is 584 g/mol. The second kappa shape index (κ2) is 8.71. The van der Waals surface area contributed by atoms with Crippen molar-refractivity contribution >= 4 is 65.2 Å². The number of aromatic nitrogens is 2. The van der Waals surface area contributed by atoms with E-state index in [1.54, 1.807) is 0 Å². The van der Waals surface area contributed by atoms with Crippen LogP contribution >= 0.6 is 0 Å². The number of benzene rings is 8. The third kappa shape index (κ3) is 3.09. The second-order valence-electron chi connectivity index (χ2n) is 12.3. The summed E-state index contributed by atoms with van der Waals surface area (Å²) in [4.78, 5) is 4.89. The van der Waals surface area contributed by atoms with Crippen LogP contribution in [0.25, 0.3) is 105 Å². The molecule has 0 fully saturated rings. The molecule has 0 spiro atoms. The summed E-state index contributed by atoms with van der Waals surface area (Å²) in [6, 6.07) is 52.5. The molecular weight excluding hydrogens is 560 g/mol. The van der Waals surface area contributed by atoms with Crippen LogP contribution in [0.3, 0.4) is 0 Å². The van der Waals surface area contributed by atoms with Gasteiger partial charge in [0.15, 0.2) is 5.58 Å². The van der Waals surface area contributed by atoms with Crippen LogP contribution in [0.15, 0.2) is 150 Å². The minimum absolute atomic E-state index is 0.642. The Balaban J connectivity index is 1.26. The van der Waals surface area contributed by atoms with E-state index < -0.39 is 0 Å². The molecular formula is C43H24N2O. The Bertz CT molecular complexity index is 2910. The van der Waals surface area contributed by atoms with Crippen LogP contribution in [-0.2, 0) is 0 Å². The molecule has 0 amide bonds. The fourth-order valence-electron chi connectivity index (χ4n) is 7.96. The lowest BCUT2D eigenvalue weighted by Crippen LogP contribution is -1.95. The van der Waals surface area contributed by atoms with Gasteiger partial charge in [-0.1, -0.05) is 103 Å². The van der Waals surface area contributed by atoms with Crippen molar-refractivity contribution in [2.75, 3.05) is 0 Å². The SMILES string of the molecule is c1ccc(-c2nc3ccc4ccc5ccc(-n6c7cccc8c7c7c9c(cccc9ccc76)-c6ccccc6-8)cc5c4c3o2)cc1. The number of fused-ring (bicyclic) bond motifs is 8.